The molecule has 3 rings (SSSR count). The smallest absolute Gasteiger partial charge is 0.324 e. The van der Waals surface area contributed by atoms with Gasteiger partial charge in [0, 0.05) is 5.02 Å². The topological polar surface area (TPSA) is 77.1 Å². The molecule has 8 heteroatoms. The molecule has 1 aromatic heterocycles. The number of rotatable bonds is 8. The van der Waals surface area contributed by atoms with Gasteiger partial charge >= 0.3 is 5.97 Å². The number of aromatic amines is 1. The van der Waals surface area contributed by atoms with Crippen molar-refractivity contribution >= 4 is 29.3 Å². The molecular weight excluding hydrogens is 398 g/mol. The van der Waals surface area contributed by atoms with Gasteiger partial charge in [-0.1, -0.05) is 53.7 Å². The minimum absolute atomic E-state index is 0.226. The first kappa shape index (κ1) is 20.2. The second-order valence-electron chi connectivity index (χ2n) is 5.92. The average molecular weight is 418 g/mol. The third-order valence-corrected chi connectivity index (χ3v) is 5.36. The van der Waals surface area contributed by atoms with Crippen molar-refractivity contribution in [2.45, 2.75) is 30.9 Å². The van der Waals surface area contributed by atoms with Gasteiger partial charge in [0.1, 0.15) is 17.6 Å². The SMILES string of the molecule is CCOC(=O)[C@@H](Sc1n[nH]c(COc2ccc(Cl)c(C)c2)n1)c1ccccc1. The number of hydrogen-bond donors (Lipinski definition) is 1. The van der Waals surface area contributed by atoms with Crippen molar-refractivity contribution in [3.63, 3.8) is 0 Å². The Hall–Kier alpha value is -2.51. The molecule has 0 amide bonds. The van der Waals surface area contributed by atoms with Gasteiger partial charge in [-0.05, 0) is 43.2 Å². The Balaban J connectivity index is 1.67. The number of carbonyl (C=O) groups excluding carboxylic acids is 1. The number of H-pyrrole nitrogens is 1. The van der Waals surface area contributed by atoms with E-state index in [4.69, 9.17) is 21.1 Å². The van der Waals surface area contributed by atoms with E-state index in [0.717, 1.165) is 11.1 Å². The lowest BCUT2D eigenvalue weighted by atomic mass is 10.1. The van der Waals surface area contributed by atoms with E-state index >= 15 is 0 Å². The van der Waals surface area contributed by atoms with Crippen molar-refractivity contribution in [1.29, 1.82) is 0 Å². The second kappa shape index (κ2) is 9.61. The number of nitrogens with one attached hydrogen (secondary N) is 1. The van der Waals surface area contributed by atoms with E-state index in [-0.39, 0.29) is 12.6 Å². The molecule has 3 aromatic rings. The molecule has 146 valence electrons. The summed E-state index contributed by atoms with van der Waals surface area (Å²) < 4.78 is 10.9. The summed E-state index contributed by atoms with van der Waals surface area (Å²) in [6.45, 7) is 4.24. The van der Waals surface area contributed by atoms with Gasteiger partial charge in [-0.15, -0.1) is 5.10 Å². The average Bonchev–Trinajstić information content (AvgIpc) is 3.15. The first-order chi connectivity index (χ1) is 13.6. The maximum atomic E-state index is 12.4. The van der Waals surface area contributed by atoms with Crippen LogP contribution in [0.1, 0.15) is 29.1 Å². The van der Waals surface area contributed by atoms with Crippen LogP contribution in [0.5, 0.6) is 5.75 Å². The molecule has 0 radical (unpaired) electrons. The Morgan fingerprint density at radius 2 is 2.04 bits per heavy atom. The second-order valence-corrected chi connectivity index (χ2v) is 7.40. The molecule has 6 nitrogen and oxygen atoms in total. The number of ether oxygens (including phenoxy) is 2. The van der Waals surface area contributed by atoms with E-state index < -0.39 is 5.25 Å². The van der Waals surface area contributed by atoms with E-state index in [1.54, 1.807) is 19.1 Å². The highest BCUT2D eigenvalue weighted by Gasteiger charge is 2.25. The third kappa shape index (κ3) is 5.27. The summed E-state index contributed by atoms with van der Waals surface area (Å²) >= 11 is 7.26. The van der Waals surface area contributed by atoms with Crippen LogP contribution < -0.4 is 4.74 Å². The molecule has 0 bridgehead atoms. The van der Waals surface area contributed by atoms with Crippen LogP contribution in [0.15, 0.2) is 53.7 Å². The van der Waals surface area contributed by atoms with E-state index in [0.29, 0.717) is 28.4 Å². The molecule has 1 heterocycles. The van der Waals surface area contributed by atoms with Gasteiger partial charge in [-0.25, -0.2) is 4.98 Å². The summed E-state index contributed by atoms with van der Waals surface area (Å²) in [6, 6.07) is 14.9. The summed E-state index contributed by atoms with van der Waals surface area (Å²) in [4.78, 5) is 16.8. The molecule has 0 aliphatic carbocycles. The molecule has 0 spiro atoms. The highest BCUT2D eigenvalue weighted by Crippen LogP contribution is 2.34. The van der Waals surface area contributed by atoms with Crippen LogP contribution in [-0.4, -0.2) is 27.8 Å². The highest BCUT2D eigenvalue weighted by molar-refractivity contribution is 8.00. The number of esters is 1. The zero-order chi connectivity index (χ0) is 19.9. The fraction of sp³-hybridized carbons (Fsp3) is 0.250. The number of thioether (sulfide) groups is 1. The van der Waals surface area contributed by atoms with Crippen LogP contribution in [0.4, 0.5) is 0 Å². The summed E-state index contributed by atoms with van der Waals surface area (Å²) in [7, 11) is 0. The third-order valence-electron chi connectivity index (χ3n) is 3.84. The molecule has 0 aliphatic heterocycles. The summed E-state index contributed by atoms with van der Waals surface area (Å²) in [5, 5.41) is 7.64. The first-order valence-corrected chi connectivity index (χ1v) is 10.0. The van der Waals surface area contributed by atoms with E-state index in [1.807, 2.05) is 43.3 Å². The van der Waals surface area contributed by atoms with Crippen molar-refractivity contribution < 1.29 is 14.3 Å². The van der Waals surface area contributed by atoms with Crippen LogP contribution in [0.2, 0.25) is 5.02 Å². The van der Waals surface area contributed by atoms with E-state index in [2.05, 4.69) is 15.2 Å². The van der Waals surface area contributed by atoms with Gasteiger partial charge in [-0.3, -0.25) is 9.89 Å². The predicted molar refractivity (Wildman–Crippen MR) is 109 cm³/mol. The molecule has 1 N–H and O–H groups in total. The van der Waals surface area contributed by atoms with Crippen LogP contribution in [0.3, 0.4) is 0 Å². The quantitative estimate of drug-likeness (QED) is 0.421. The number of benzene rings is 2. The summed E-state index contributed by atoms with van der Waals surface area (Å²) in [5.74, 6) is 0.935. The number of nitrogens with zero attached hydrogens (tertiary/aromatic N) is 2. The number of aryl methyl sites for hydroxylation is 1. The maximum Gasteiger partial charge on any atom is 0.324 e. The van der Waals surface area contributed by atoms with Gasteiger partial charge in [-0.2, -0.15) is 0 Å². The zero-order valence-electron chi connectivity index (χ0n) is 15.5. The molecule has 0 unspecified atom stereocenters. The van der Waals surface area contributed by atoms with Crippen molar-refractivity contribution in [2.24, 2.45) is 0 Å². The van der Waals surface area contributed by atoms with Crippen LogP contribution in [-0.2, 0) is 16.1 Å². The molecule has 0 saturated heterocycles. The number of carbonyl (C=O) groups is 1. The number of hydrogen-bond acceptors (Lipinski definition) is 6. The van der Waals surface area contributed by atoms with Gasteiger partial charge < -0.3 is 9.47 Å². The molecule has 1 atom stereocenters. The number of halogens is 1. The van der Waals surface area contributed by atoms with Crippen LogP contribution in [0, 0.1) is 6.92 Å². The maximum absolute atomic E-state index is 12.4. The lowest BCUT2D eigenvalue weighted by Gasteiger charge is -2.13. The largest absolute Gasteiger partial charge is 0.486 e. The molecule has 0 saturated carbocycles. The Bertz CT molecular complexity index is 933. The summed E-state index contributed by atoms with van der Waals surface area (Å²) in [6.07, 6.45) is 0. The van der Waals surface area contributed by atoms with Crippen molar-refractivity contribution in [3.8, 4) is 5.75 Å². The lowest BCUT2D eigenvalue weighted by Crippen LogP contribution is -2.13. The van der Waals surface area contributed by atoms with E-state index in [9.17, 15) is 4.79 Å². The van der Waals surface area contributed by atoms with Gasteiger partial charge in [0.05, 0.1) is 6.61 Å². The van der Waals surface area contributed by atoms with Gasteiger partial charge in [0.2, 0.25) is 5.16 Å². The normalized spacial score (nSPS) is 11.8. The molecule has 28 heavy (non-hydrogen) atoms. The highest BCUT2D eigenvalue weighted by atomic mass is 35.5. The van der Waals surface area contributed by atoms with Crippen LogP contribution >= 0.6 is 23.4 Å². The zero-order valence-corrected chi connectivity index (χ0v) is 17.1. The van der Waals surface area contributed by atoms with Gasteiger partial charge in [0.25, 0.3) is 0 Å². The van der Waals surface area contributed by atoms with Crippen molar-refractivity contribution in [2.75, 3.05) is 6.61 Å². The fourth-order valence-corrected chi connectivity index (χ4v) is 3.50. The first-order valence-electron chi connectivity index (χ1n) is 8.75. The molecule has 0 fully saturated rings. The Kier molecular flexibility index (Phi) is 6.95. The molecule has 2 aromatic carbocycles. The lowest BCUT2D eigenvalue weighted by molar-refractivity contribution is -0.142. The standard InChI is InChI=1S/C20H20ClN3O3S/c1-3-26-19(25)18(14-7-5-4-6-8-14)28-20-22-17(23-24-20)12-27-15-9-10-16(21)13(2)11-15/h4-11,18H,3,12H2,1-2H3,(H,22,23,24)/t18-/m0/s1. The number of aromatic nitrogens is 3. The van der Waals surface area contributed by atoms with Crippen LogP contribution in [0.25, 0.3) is 0 Å². The predicted octanol–water partition coefficient (Wildman–Crippen LogP) is 4.74. The Morgan fingerprint density at radius 1 is 1.25 bits per heavy atom. The van der Waals surface area contributed by atoms with Gasteiger partial charge in [0.15, 0.2) is 5.82 Å². The fourth-order valence-electron chi connectivity index (χ4n) is 2.46. The van der Waals surface area contributed by atoms with Crippen molar-refractivity contribution in [3.05, 3.63) is 70.5 Å². The Morgan fingerprint density at radius 3 is 2.75 bits per heavy atom. The minimum Gasteiger partial charge on any atom is -0.486 e. The van der Waals surface area contributed by atoms with Crippen molar-refractivity contribution in [1.82, 2.24) is 15.2 Å². The summed E-state index contributed by atoms with van der Waals surface area (Å²) in [5.41, 5.74) is 1.78. The van der Waals surface area contributed by atoms with E-state index in [1.165, 1.54) is 11.8 Å². The molecular formula is C20H20ClN3O3S. The molecule has 0 aliphatic rings. The minimum atomic E-state index is -0.537. The monoisotopic (exact) mass is 417 g/mol. The Labute approximate surface area is 172 Å².